The number of carboxylic acid groups (broad SMARTS) is 1. The Labute approximate surface area is 119 Å². The number of nitrogens with one attached hydrogen (secondary N) is 1. The summed E-state index contributed by atoms with van der Waals surface area (Å²) in [5.74, 6) is 0.693. The molecule has 2 N–H and O–H groups in total. The van der Waals surface area contributed by atoms with E-state index in [9.17, 15) is 4.79 Å². The highest BCUT2D eigenvalue weighted by molar-refractivity contribution is 9.10. The number of rotatable bonds is 4. The van der Waals surface area contributed by atoms with Gasteiger partial charge in [-0.3, -0.25) is 5.32 Å². The summed E-state index contributed by atoms with van der Waals surface area (Å²) in [6.07, 6.45) is -1.08. The van der Waals surface area contributed by atoms with Crippen molar-refractivity contribution < 1.29 is 14.6 Å². The zero-order chi connectivity index (χ0) is 13.7. The number of halogens is 1. The van der Waals surface area contributed by atoms with Gasteiger partial charge in [-0.25, -0.2) is 4.79 Å². The molecule has 0 saturated heterocycles. The van der Waals surface area contributed by atoms with Crippen molar-refractivity contribution in [3.63, 3.8) is 0 Å². The fraction of sp³-hybridized carbons (Fsp3) is 0.0714. The summed E-state index contributed by atoms with van der Waals surface area (Å²) in [5, 5.41) is 10.8. The number of anilines is 1. The molecular weight excluding hydrogens is 310 g/mol. The van der Waals surface area contributed by atoms with E-state index in [0.29, 0.717) is 18.0 Å². The van der Waals surface area contributed by atoms with Crippen molar-refractivity contribution in [2.75, 3.05) is 5.32 Å². The number of benzene rings is 2. The topological polar surface area (TPSA) is 58.6 Å². The maximum atomic E-state index is 10.4. The molecule has 0 radical (unpaired) electrons. The largest absolute Gasteiger partial charge is 0.489 e. The minimum Gasteiger partial charge on any atom is -0.489 e. The summed E-state index contributed by atoms with van der Waals surface area (Å²) >= 11 is 3.37. The third-order valence-electron chi connectivity index (χ3n) is 2.42. The first kappa shape index (κ1) is 13.4. The highest BCUT2D eigenvalue weighted by Crippen LogP contribution is 2.17. The number of carbonyl (C=O) groups is 1. The van der Waals surface area contributed by atoms with E-state index in [0.717, 1.165) is 10.0 Å². The molecule has 0 spiro atoms. The maximum Gasteiger partial charge on any atom is 0.409 e. The van der Waals surface area contributed by atoms with E-state index in [1.165, 1.54) is 0 Å². The quantitative estimate of drug-likeness (QED) is 0.890. The summed E-state index contributed by atoms with van der Waals surface area (Å²) in [4.78, 5) is 10.4. The Morgan fingerprint density at radius 1 is 1.11 bits per heavy atom. The van der Waals surface area contributed by atoms with Crippen LogP contribution in [-0.4, -0.2) is 11.2 Å². The molecule has 0 aliphatic heterocycles. The Hall–Kier alpha value is -2.01. The number of hydrogen-bond acceptors (Lipinski definition) is 2. The lowest BCUT2D eigenvalue weighted by Crippen LogP contribution is -2.06. The van der Waals surface area contributed by atoms with Crippen molar-refractivity contribution in [1.29, 1.82) is 0 Å². The minimum atomic E-state index is -1.08. The highest BCUT2D eigenvalue weighted by atomic mass is 79.9. The van der Waals surface area contributed by atoms with Crippen molar-refractivity contribution in [3.05, 3.63) is 58.6 Å². The fourth-order valence-electron chi connectivity index (χ4n) is 1.51. The molecule has 0 unspecified atom stereocenters. The van der Waals surface area contributed by atoms with Crippen LogP contribution in [-0.2, 0) is 6.61 Å². The SMILES string of the molecule is O=C(O)Nc1ccc(OCc2ccc(Br)cc2)cc1. The van der Waals surface area contributed by atoms with Gasteiger partial charge in [-0.05, 0) is 42.0 Å². The van der Waals surface area contributed by atoms with Crippen LogP contribution in [0.1, 0.15) is 5.56 Å². The van der Waals surface area contributed by atoms with Crippen molar-refractivity contribution >= 4 is 27.7 Å². The van der Waals surface area contributed by atoms with Gasteiger partial charge >= 0.3 is 6.09 Å². The molecule has 98 valence electrons. The van der Waals surface area contributed by atoms with Crippen LogP contribution in [0.2, 0.25) is 0 Å². The van der Waals surface area contributed by atoms with E-state index in [1.807, 2.05) is 24.3 Å². The Morgan fingerprint density at radius 2 is 1.74 bits per heavy atom. The molecule has 2 rings (SSSR count). The Kier molecular flexibility index (Phi) is 4.41. The molecule has 0 saturated carbocycles. The van der Waals surface area contributed by atoms with E-state index < -0.39 is 6.09 Å². The predicted octanol–water partition coefficient (Wildman–Crippen LogP) is 4.12. The van der Waals surface area contributed by atoms with Gasteiger partial charge < -0.3 is 9.84 Å². The molecule has 2 aromatic rings. The molecule has 1 amide bonds. The second-order valence-corrected chi connectivity index (χ2v) is 4.79. The molecule has 0 fully saturated rings. The molecule has 0 atom stereocenters. The van der Waals surface area contributed by atoms with Gasteiger partial charge in [-0.2, -0.15) is 0 Å². The molecule has 0 aliphatic rings. The van der Waals surface area contributed by atoms with Crippen molar-refractivity contribution in [1.82, 2.24) is 0 Å². The van der Waals surface area contributed by atoms with Crippen LogP contribution in [0.4, 0.5) is 10.5 Å². The van der Waals surface area contributed by atoms with E-state index >= 15 is 0 Å². The number of hydrogen-bond donors (Lipinski definition) is 2. The monoisotopic (exact) mass is 321 g/mol. The van der Waals surface area contributed by atoms with E-state index in [4.69, 9.17) is 9.84 Å². The molecule has 19 heavy (non-hydrogen) atoms. The predicted molar refractivity (Wildman–Crippen MR) is 76.6 cm³/mol. The lowest BCUT2D eigenvalue weighted by molar-refractivity contribution is 0.209. The van der Waals surface area contributed by atoms with Crippen LogP contribution in [0.3, 0.4) is 0 Å². The van der Waals surface area contributed by atoms with Gasteiger partial charge in [-0.15, -0.1) is 0 Å². The zero-order valence-corrected chi connectivity index (χ0v) is 11.6. The van der Waals surface area contributed by atoms with E-state index in [2.05, 4.69) is 21.2 Å². The summed E-state index contributed by atoms with van der Waals surface area (Å²) < 4.78 is 6.63. The van der Waals surface area contributed by atoms with Crippen LogP contribution in [0, 0.1) is 0 Å². The highest BCUT2D eigenvalue weighted by Gasteiger charge is 1.99. The van der Waals surface area contributed by atoms with Gasteiger partial charge in [-0.1, -0.05) is 28.1 Å². The van der Waals surface area contributed by atoms with Crippen LogP contribution >= 0.6 is 15.9 Å². The average Bonchev–Trinajstić information content (AvgIpc) is 2.39. The molecule has 0 bridgehead atoms. The Balaban J connectivity index is 1.92. The van der Waals surface area contributed by atoms with Crippen molar-refractivity contribution in [3.8, 4) is 5.75 Å². The van der Waals surface area contributed by atoms with E-state index in [1.54, 1.807) is 24.3 Å². The van der Waals surface area contributed by atoms with Gasteiger partial charge in [0.1, 0.15) is 12.4 Å². The third kappa shape index (κ3) is 4.30. The summed E-state index contributed by atoms with van der Waals surface area (Å²) in [5.41, 5.74) is 1.58. The van der Waals surface area contributed by atoms with Crippen molar-refractivity contribution in [2.24, 2.45) is 0 Å². The summed E-state index contributed by atoms with van der Waals surface area (Å²) in [7, 11) is 0. The molecule has 5 heteroatoms. The van der Waals surface area contributed by atoms with Crippen LogP contribution in [0.15, 0.2) is 53.0 Å². The molecule has 0 aromatic heterocycles. The van der Waals surface area contributed by atoms with Gasteiger partial charge in [0, 0.05) is 10.2 Å². The smallest absolute Gasteiger partial charge is 0.409 e. The number of ether oxygens (including phenoxy) is 1. The van der Waals surface area contributed by atoms with Gasteiger partial charge in [0.15, 0.2) is 0 Å². The van der Waals surface area contributed by atoms with Gasteiger partial charge in [0.25, 0.3) is 0 Å². The van der Waals surface area contributed by atoms with E-state index in [-0.39, 0.29) is 0 Å². The summed E-state index contributed by atoms with van der Waals surface area (Å²) in [6, 6.07) is 14.6. The summed E-state index contributed by atoms with van der Waals surface area (Å²) in [6.45, 7) is 0.471. The molecule has 0 aliphatic carbocycles. The maximum absolute atomic E-state index is 10.4. The normalized spacial score (nSPS) is 9.95. The first-order valence-electron chi connectivity index (χ1n) is 5.61. The third-order valence-corrected chi connectivity index (χ3v) is 2.95. The minimum absolute atomic E-state index is 0.471. The standard InChI is InChI=1S/C14H12BrNO3/c15-11-3-1-10(2-4-11)9-19-13-7-5-12(6-8-13)16-14(17)18/h1-8,16H,9H2,(H,17,18). The first-order chi connectivity index (χ1) is 9.13. The van der Waals surface area contributed by atoms with Crippen LogP contribution < -0.4 is 10.1 Å². The van der Waals surface area contributed by atoms with Crippen LogP contribution in [0.25, 0.3) is 0 Å². The Bertz CT molecular complexity index is 552. The molecule has 0 heterocycles. The Morgan fingerprint density at radius 3 is 2.32 bits per heavy atom. The fourth-order valence-corrected chi connectivity index (χ4v) is 1.77. The lowest BCUT2D eigenvalue weighted by atomic mass is 10.2. The van der Waals surface area contributed by atoms with Gasteiger partial charge in [0.2, 0.25) is 0 Å². The second kappa shape index (κ2) is 6.24. The number of amides is 1. The zero-order valence-electron chi connectivity index (χ0n) is 9.97. The first-order valence-corrected chi connectivity index (χ1v) is 6.40. The molecule has 4 nitrogen and oxygen atoms in total. The lowest BCUT2D eigenvalue weighted by Gasteiger charge is -2.07. The van der Waals surface area contributed by atoms with Gasteiger partial charge in [0.05, 0.1) is 0 Å². The molecule has 2 aromatic carbocycles. The second-order valence-electron chi connectivity index (χ2n) is 3.87. The molecular formula is C14H12BrNO3. The average molecular weight is 322 g/mol. The van der Waals surface area contributed by atoms with Crippen molar-refractivity contribution in [2.45, 2.75) is 6.61 Å². The van der Waals surface area contributed by atoms with Crippen LogP contribution in [0.5, 0.6) is 5.75 Å².